The molecule has 0 spiro atoms. The van der Waals surface area contributed by atoms with Crippen molar-refractivity contribution in [3.8, 4) is 5.75 Å². The smallest absolute Gasteiger partial charge is 0.339 e. The van der Waals surface area contributed by atoms with Gasteiger partial charge in [0.1, 0.15) is 11.3 Å². The van der Waals surface area contributed by atoms with E-state index < -0.39 is 22.5 Å². The molecule has 0 unspecified atom stereocenters. The van der Waals surface area contributed by atoms with Crippen molar-refractivity contribution in [3.05, 3.63) is 57.6 Å². The Morgan fingerprint density at radius 1 is 1.13 bits per heavy atom. The first-order valence-electron chi connectivity index (χ1n) is 9.06. The number of nitrogens with zero attached hydrogens (tertiary/aromatic N) is 2. The maximum atomic E-state index is 12.9. The first kappa shape index (κ1) is 21.9. The number of nitrogens with one attached hydrogen (secondary N) is 2. The molecule has 0 bridgehead atoms. The lowest BCUT2D eigenvalue weighted by Crippen LogP contribution is -2.39. The SMILES string of the molecule is O=C(O)c1cc(NC(=S)NC(=O)c2cc([N+](=O)[O-])ccc2N2CCOCC2)ccc1O. The van der Waals surface area contributed by atoms with Gasteiger partial charge in [0.15, 0.2) is 5.11 Å². The Labute approximate surface area is 181 Å². The molecule has 2 aromatic rings. The number of phenols is 1. The number of thiocarbonyl (C=S) groups is 1. The number of anilines is 2. The zero-order valence-electron chi connectivity index (χ0n) is 16.0. The zero-order valence-corrected chi connectivity index (χ0v) is 16.8. The van der Waals surface area contributed by atoms with Crippen molar-refractivity contribution in [2.24, 2.45) is 0 Å². The molecular formula is C19H18N4O7S. The van der Waals surface area contributed by atoms with E-state index in [4.69, 9.17) is 22.1 Å². The largest absolute Gasteiger partial charge is 0.507 e. The summed E-state index contributed by atoms with van der Waals surface area (Å²) >= 11 is 5.12. The van der Waals surface area contributed by atoms with E-state index in [1.165, 1.54) is 30.3 Å². The minimum Gasteiger partial charge on any atom is -0.507 e. The van der Waals surface area contributed by atoms with E-state index in [1.807, 2.05) is 4.90 Å². The predicted molar refractivity (Wildman–Crippen MR) is 115 cm³/mol. The number of amides is 1. The van der Waals surface area contributed by atoms with Gasteiger partial charge in [-0.3, -0.25) is 20.2 Å². The summed E-state index contributed by atoms with van der Waals surface area (Å²) in [7, 11) is 0. The minimum atomic E-state index is -1.33. The molecule has 4 N–H and O–H groups in total. The summed E-state index contributed by atoms with van der Waals surface area (Å²) in [6.07, 6.45) is 0. The van der Waals surface area contributed by atoms with Gasteiger partial charge < -0.3 is 25.2 Å². The van der Waals surface area contributed by atoms with Crippen LogP contribution in [0.2, 0.25) is 0 Å². The third kappa shape index (κ3) is 5.24. The second-order valence-electron chi connectivity index (χ2n) is 6.50. The van der Waals surface area contributed by atoms with Crippen LogP contribution >= 0.6 is 12.2 Å². The molecule has 1 saturated heterocycles. The van der Waals surface area contributed by atoms with Gasteiger partial charge in [-0.2, -0.15) is 0 Å². The Kier molecular flexibility index (Phi) is 6.62. The van der Waals surface area contributed by atoms with Crippen molar-refractivity contribution < 1.29 is 29.5 Å². The van der Waals surface area contributed by atoms with Crippen LogP contribution in [0, 0.1) is 10.1 Å². The molecule has 0 saturated carbocycles. The van der Waals surface area contributed by atoms with Crippen LogP contribution in [0.3, 0.4) is 0 Å². The van der Waals surface area contributed by atoms with E-state index in [9.17, 15) is 24.8 Å². The van der Waals surface area contributed by atoms with Crippen molar-refractivity contribution in [3.63, 3.8) is 0 Å². The lowest BCUT2D eigenvalue weighted by Gasteiger charge is -2.30. The van der Waals surface area contributed by atoms with Gasteiger partial charge in [0.25, 0.3) is 11.6 Å². The fourth-order valence-corrected chi connectivity index (χ4v) is 3.23. The highest BCUT2D eigenvalue weighted by Crippen LogP contribution is 2.27. The molecule has 162 valence electrons. The second kappa shape index (κ2) is 9.36. The van der Waals surface area contributed by atoms with Crippen LogP contribution < -0.4 is 15.5 Å². The Bertz CT molecular complexity index is 1050. The number of aromatic carboxylic acids is 1. The zero-order chi connectivity index (χ0) is 22.5. The lowest BCUT2D eigenvalue weighted by atomic mass is 10.1. The van der Waals surface area contributed by atoms with Gasteiger partial charge in [-0.05, 0) is 36.5 Å². The topological polar surface area (TPSA) is 154 Å². The van der Waals surface area contributed by atoms with E-state index >= 15 is 0 Å². The molecule has 0 radical (unpaired) electrons. The van der Waals surface area contributed by atoms with E-state index in [0.717, 1.165) is 6.07 Å². The van der Waals surface area contributed by atoms with Crippen LogP contribution in [-0.4, -0.2) is 58.4 Å². The number of carboxylic acid groups (broad SMARTS) is 1. The van der Waals surface area contributed by atoms with Crippen molar-refractivity contribution in [2.75, 3.05) is 36.5 Å². The molecule has 31 heavy (non-hydrogen) atoms. The highest BCUT2D eigenvalue weighted by atomic mass is 32.1. The van der Waals surface area contributed by atoms with E-state index in [0.29, 0.717) is 32.0 Å². The number of benzene rings is 2. The minimum absolute atomic E-state index is 0.0668. The van der Waals surface area contributed by atoms with Crippen LogP contribution in [0.15, 0.2) is 36.4 Å². The molecule has 1 aliphatic heterocycles. The highest BCUT2D eigenvalue weighted by Gasteiger charge is 2.23. The van der Waals surface area contributed by atoms with Gasteiger partial charge in [0.05, 0.1) is 29.4 Å². The summed E-state index contributed by atoms with van der Waals surface area (Å²) in [5, 5.41) is 34.8. The number of rotatable bonds is 5. The van der Waals surface area contributed by atoms with Crippen LogP contribution in [-0.2, 0) is 4.74 Å². The lowest BCUT2D eigenvalue weighted by molar-refractivity contribution is -0.384. The Morgan fingerprint density at radius 3 is 2.48 bits per heavy atom. The van der Waals surface area contributed by atoms with Gasteiger partial charge in [0, 0.05) is 30.9 Å². The van der Waals surface area contributed by atoms with Gasteiger partial charge in [0.2, 0.25) is 0 Å². The summed E-state index contributed by atoms with van der Waals surface area (Å²) in [6.45, 7) is 1.97. The number of nitro groups is 1. The number of hydrogen-bond donors (Lipinski definition) is 4. The van der Waals surface area contributed by atoms with Gasteiger partial charge in [-0.25, -0.2) is 4.79 Å². The molecule has 2 aromatic carbocycles. The average Bonchev–Trinajstić information content (AvgIpc) is 2.75. The summed E-state index contributed by atoms with van der Waals surface area (Å²) in [4.78, 5) is 36.5. The number of hydrogen-bond acceptors (Lipinski definition) is 8. The standard InChI is InChI=1S/C19H18N4O7S/c24-16-4-1-11(9-14(16)18(26)27)20-19(31)21-17(25)13-10-12(23(28)29)2-3-15(13)22-5-7-30-8-6-22/h1-4,9-10,24H,5-8H2,(H,26,27)(H2,20,21,25,31). The quantitative estimate of drug-likeness (QED) is 0.232. The molecule has 0 aromatic heterocycles. The molecule has 1 fully saturated rings. The highest BCUT2D eigenvalue weighted by molar-refractivity contribution is 7.80. The van der Waals surface area contributed by atoms with Gasteiger partial charge >= 0.3 is 5.97 Å². The Balaban J connectivity index is 1.81. The monoisotopic (exact) mass is 446 g/mol. The normalized spacial score (nSPS) is 13.4. The number of nitro benzene ring substituents is 1. The van der Waals surface area contributed by atoms with E-state index in [-0.39, 0.29) is 27.6 Å². The molecule has 0 aliphatic carbocycles. The number of aromatic hydroxyl groups is 1. The van der Waals surface area contributed by atoms with Crippen molar-refractivity contribution >= 4 is 46.3 Å². The fraction of sp³-hybridized carbons (Fsp3) is 0.211. The maximum absolute atomic E-state index is 12.9. The molecule has 11 nitrogen and oxygen atoms in total. The van der Waals surface area contributed by atoms with Crippen molar-refractivity contribution in [2.45, 2.75) is 0 Å². The average molecular weight is 446 g/mol. The predicted octanol–water partition coefficient (Wildman–Crippen LogP) is 1.96. The third-order valence-electron chi connectivity index (χ3n) is 4.50. The summed E-state index contributed by atoms with van der Waals surface area (Å²) in [5.41, 5.74) is 0.218. The number of carbonyl (C=O) groups is 2. The summed E-state index contributed by atoms with van der Waals surface area (Å²) in [6, 6.07) is 7.71. The molecule has 3 rings (SSSR count). The summed E-state index contributed by atoms with van der Waals surface area (Å²) < 4.78 is 5.31. The first-order valence-corrected chi connectivity index (χ1v) is 9.47. The van der Waals surface area contributed by atoms with E-state index in [1.54, 1.807) is 0 Å². The maximum Gasteiger partial charge on any atom is 0.339 e. The number of carboxylic acids is 1. The van der Waals surface area contributed by atoms with Crippen LogP contribution in [0.5, 0.6) is 5.75 Å². The van der Waals surface area contributed by atoms with Crippen LogP contribution in [0.25, 0.3) is 0 Å². The van der Waals surface area contributed by atoms with Crippen molar-refractivity contribution in [1.29, 1.82) is 0 Å². The molecule has 1 amide bonds. The molecule has 1 aliphatic rings. The first-order chi connectivity index (χ1) is 14.8. The van der Waals surface area contributed by atoms with Gasteiger partial charge in [-0.1, -0.05) is 0 Å². The molecule has 1 heterocycles. The molecular weight excluding hydrogens is 428 g/mol. The Hall–Kier alpha value is -3.77. The molecule has 0 atom stereocenters. The third-order valence-corrected chi connectivity index (χ3v) is 4.70. The molecule has 12 heteroatoms. The number of carbonyl (C=O) groups excluding carboxylic acids is 1. The van der Waals surface area contributed by atoms with Crippen molar-refractivity contribution in [1.82, 2.24) is 5.32 Å². The number of non-ortho nitro benzene ring substituents is 1. The second-order valence-corrected chi connectivity index (χ2v) is 6.91. The van der Waals surface area contributed by atoms with Crippen LogP contribution in [0.1, 0.15) is 20.7 Å². The fourth-order valence-electron chi connectivity index (χ4n) is 3.02. The van der Waals surface area contributed by atoms with E-state index in [2.05, 4.69) is 10.6 Å². The van der Waals surface area contributed by atoms with Gasteiger partial charge in [-0.15, -0.1) is 0 Å². The number of morpholine rings is 1. The Morgan fingerprint density at radius 2 is 1.84 bits per heavy atom. The number of ether oxygens (including phenoxy) is 1. The summed E-state index contributed by atoms with van der Waals surface area (Å²) in [5.74, 6) is -2.41. The van der Waals surface area contributed by atoms with Crippen LogP contribution in [0.4, 0.5) is 17.1 Å².